The van der Waals surface area contributed by atoms with E-state index in [9.17, 15) is 24.0 Å². The lowest BCUT2D eigenvalue weighted by Gasteiger charge is -2.30. The first kappa shape index (κ1) is 48.7. The van der Waals surface area contributed by atoms with E-state index < -0.39 is 30.2 Å². The summed E-state index contributed by atoms with van der Waals surface area (Å²) in [5, 5.41) is 8.64. The number of carbonyl (C=O) groups is 5. The fraction of sp³-hybridized carbons (Fsp3) is 0.333. The molecule has 0 saturated carbocycles. The van der Waals surface area contributed by atoms with Crippen LogP contribution in [0.4, 0.5) is 14.4 Å². The summed E-state index contributed by atoms with van der Waals surface area (Å²) in [6, 6.07) is 27.5. The molecule has 4 aromatic carbocycles. The van der Waals surface area contributed by atoms with Gasteiger partial charge in [0.15, 0.2) is 11.5 Å². The number of fused-ring (bicyclic) bond motifs is 3. The van der Waals surface area contributed by atoms with Crippen LogP contribution in [0.5, 0.6) is 11.5 Å². The zero-order valence-corrected chi connectivity index (χ0v) is 40.8. The molecule has 4 atom stereocenters. The Morgan fingerprint density at radius 3 is 2.32 bits per heavy atom. The van der Waals surface area contributed by atoms with E-state index >= 15 is 0 Å². The second-order valence-corrected chi connectivity index (χ2v) is 18.2. The van der Waals surface area contributed by atoms with E-state index in [-0.39, 0.29) is 50.4 Å². The molecular formula is C54H59N9O9. The molecule has 2 fully saturated rings. The number of likely N-dealkylation sites (tertiary alicyclic amines) is 1. The molecule has 0 radical (unpaired) electrons. The van der Waals surface area contributed by atoms with E-state index in [1.807, 2.05) is 72.9 Å². The van der Waals surface area contributed by atoms with Crippen molar-refractivity contribution in [3.8, 4) is 33.9 Å². The van der Waals surface area contributed by atoms with Gasteiger partial charge < -0.3 is 59.5 Å². The fourth-order valence-corrected chi connectivity index (χ4v) is 9.79. The first-order valence-corrected chi connectivity index (χ1v) is 24.1. The average Bonchev–Trinajstić information content (AvgIpc) is 4.29. The average molecular weight is 978 g/mol. The molecule has 4 aliphatic rings. The van der Waals surface area contributed by atoms with E-state index in [4.69, 9.17) is 19.2 Å². The number of alkyl carbamates (subject to hydrolysis) is 2. The summed E-state index contributed by atoms with van der Waals surface area (Å²) in [4.78, 5) is 80.7. The maximum atomic E-state index is 14.0. The molecule has 18 heteroatoms. The fourth-order valence-electron chi connectivity index (χ4n) is 9.79. The quantitative estimate of drug-likeness (QED) is 0.0851. The summed E-state index contributed by atoms with van der Waals surface area (Å²) in [5.74, 6) is 1.41. The number of nitrogens with one attached hydrogen (secondary N) is 4. The molecule has 72 heavy (non-hydrogen) atoms. The third-order valence-corrected chi connectivity index (χ3v) is 14.0. The number of urea groups is 1. The van der Waals surface area contributed by atoms with E-state index in [0.717, 1.165) is 63.9 Å². The van der Waals surface area contributed by atoms with Crippen LogP contribution < -0.4 is 25.4 Å². The molecule has 4 aliphatic heterocycles. The molecule has 9 rings (SSSR count). The number of amides is 6. The Hall–Kier alpha value is -8.28. The van der Waals surface area contributed by atoms with Crippen LogP contribution in [0.1, 0.15) is 73.3 Å². The first-order valence-electron chi connectivity index (χ1n) is 24.1. The normalized spacial score (nSPS) is 17.8. The van der Waals surface area contributed by atoms with Gasteiger partial charge in [-0.15, -0.1) is 0 Å². The Bertz CT molecular complexity index is 2870. The van der Waals surface area contributed by atoms with Crippen LogP contribution in [-0.4, -0.2) is 113 Å². The van der Waals surface area contributed by atoms with Crippen molar-refractivity contribution in [1.29, 1.82) is 0 Å². The number of hydrogen-bond donors (Lipinski definition) is 4. The van der Waals surface area contributed by atoms with Crippen molar-refractivity contribution in [2.24, 2.45) is 5.92 Å². The minimum Gasteiger partial charge on any atom is -0.454 e. The molecular weight excluding hydrogens is 919 g/mol. The summed E-state index contributed by atoms with van der Waals surface area (Å²) < 4.78 is 20.8. The van der Waals surface area contributed by atoms with E-state index in [1.54, 1.807) is 20.9 Å². The molecule has 6 amide bonds. The highest BCUT2D eigenvalue weighted by molar-refractivity contribution is 5.88. The van der Waals surface area contributed by atoms with Crippen LogP contribution in [0, 0.1) is 5.92 Å². The van der Waals surface area contributed by atoms with Crippen molar-refractivity contribution in [2.75, 3.05) is 47.3 Å². The molecule has 2 saturated heterocycles. The Labute approximate surface area is 417 Å². The third kappa shape index (κ3) is 10.2. The predicted octanol–water partition coefficient (Wildman–Crippen LogP) is 7.69. The molecule has 18 nitrogen and oxygen atoms in total. The molecule has 0 bridgehead atoms. The van der Waals surface area contributed by atoms with Crippen LogP contribution in [0.15, 0.2) is 116 Å². The molecule has 1 aromatic heterocycles. The molecule has 0 aliphatic carbocycles. The molecule has 0 spiro atoms. The highest BCUT2D eigenvalue weighted by atomic mass is 16.7. The number of aromatic nitrogens is 2. The number of H-pyrrole nitrogens is 1. The van der Waals surface area contributed by atoms with E-state index in [0.29, 0.717) is 48.2 Å². The topological polar surface area (TPSA) is 200 Å². The van der Waals surface area contributed by atoms with Gasteiger partial charge in [0.25, 0.3) is 0 Å². The zero-order chi connectivity index (χ0) is 50.5. The minimum absolute atomic E-state index is 0.00400. The second-order valence-electron chi connectivity index (χ2n) is 18.2. The maximum Gasteiger partial charge on any atom is 0.407 e. The van der Waals surface area contributed by atoms with Crippen molar-refractivity contribution in [3.05, 3.63) is 144 Å². The largest absolute Gasteiger partial charge is 0.454 e. The molecule has 5 heterocycles. The Kier molecular flexibility index (Phi) is 14.5. The second kappa shape index (κ2) is 21.4. The summed E-state index contributed by atoms with van der Waals surface area (Å²) in [6.45, 7) is 9.97. The molecule has 374 valence electrons. The lowest BCUT2D eigenvalue weighted by Crippen LogP contribution is -2.46. The number of benzene rings is 4. The number of rotatable bonds is 14. The Morgan fingerprint density at radius 2 is 1.60 bits per heavy atom. The summed E-state index contributed by atoms with van der Waals surface area (Å²) >= 11 is 0. The SMILES string of the molecule is C=C(N/C=C(/c1ccc(-c2ccc(-c3cnc([C@@H]4CN(C(=O)N5Cc6ccc7c(c6C5)OCO7)CN4C(=O)CNC(=O)OC)[nH]3)cc2)cc1)C(C)CC)C1CCCN1C(=O)C(NC(=O)OC)c1ccccc1. The minimum atomic E-state index is -0.899. The highest BCUT2D eigenvalue weighted by Gasteiger charge is 2.42. The van der Waals surface area contributed by atoms with Gasteiger partial charge in [0, 0.05) is 30.5 Å². The predicted molar refractivity (Wildman–Crippen MR) is 267 cm³/mol. The Morgan fingerprint density at radius 1 is 0.875 bits per heavy atom. The number of methoxy groups -OCH3 is 2. The van der Waals surface area contributed by atoms with Gasteiger partial charge in [0.05, 0.1) is 51.9 Å². The van der Waals surface area contributed by atoms with Crippen LogP contribution >= 0.6 is 0 Å². The number of nitrogens with zero attached hydrogens (tertiary/aromatic N) is 5. The molecule has 3 unspecified atom stereocenters. The van der Waals surface area contributed by atoms with Crippen molar-refractivity contribution in [3.63, 3.8) is 0 Å². The van der Waals surface area contributed by atoms with Gasteiger partial charge in [-0.1, -0.05) is 105 Å². The number of imidazole rings is 1. The van der Waals surface area contributed by atoms with Crippen LogP contribution in [0.25, 0.3) is 28.0 Å². The summed E-state index contributed by atoms with van der Waals surface area (Å²) in [6.07, 6.45) is 4.75. The van der Waals surface area contributed by atoms with Gasteiger partial charge in [-0.25, -0.2) is 19.4 Å². The first-order chi connectivity index (χ1) is 34.9. The third-order valence-electron chi connectivity index (χ3n) is 14.0. The van der Waals surface area contributed by atoms with Gasteiger partial charge >= 0.3 is 18.2 Å². The van der Waals surface area contributed by atoms with Gasteiger partial charge in [0.1, 0.15) is 24.5 Å². The van der Waals surface area contributed by atoms with Crippen LogP contribution in [-0.2, 0) is 32.2 Å². The van der Waals surface area contributed by atoms with Gasteiger partial charge in [-0.2, -0.15) is 0 Å². The standard InChI is InChI=1S/C54H59N9O9/c1-6-33(2)41(25-55-34(3)44-13-10-24-62(44)51(65)48(59-53(67)70-5)39-11-8-7-9-12-39)37-18-14-35(15-19-37)36-16-20-38(21-17-36)43-26-56-50(58-43)45-30-61(31-63(45)47(64)27-57-52(66)69-4)54(68)60-28-40-22-23-46-49(42(40)29-60)72-32-71-46/h7-9,11-12,14-23,25-26,33,44-45,48,55H,3,6,10,13,24,27-32H2,1-2,4-5H3,(H,56,58)(H,57,66)(H,59,67)/b41-25+/t33?,44?,45-,48?/m0/s1. The number of aromatic amines is 1. The van der Waals surface area contributed by atoms with Gasteiger partial charge in [0.2, 0.25) is 18.6 Å². The number of ether oxygens (including phenoxy) is 4. The molecule has 4 N–H and O–H groups in total. The lowest BCUT2D eigenvalue weighted by atomic mass is 9.91. The zero-order valence-electron chi connectivity index (χ0n) is 40.8. The summed E-state index contributed by atoms with van der Waals surface area (Å²) in [5.41, 5.74) is 9.08. The summed E-state index contributed by atoms with van der Waals surface area (Å²) in [7, 11) is 2.50. The van der Waals surface area contributed by atoms with Crippen molar-refractivity contribution < 1.29 is 42.9 Å². The maximum absolute atomic E-state index is 14.0. The number of allylic oxidation sites excluding steroid dienone is 1. The monoisotopic (exact) mass is 977 g/mol. The van der Waals surface area contributed by atoms with Crippen molar-refractivity contribution in [1.82, 2.24) is 45.5 Å². The van der Waals surface area contributed by atoms with Crippen molar-refractivity contribution >= 4 is 35.6 Å². The van der Waals surface area contributed by atoms with E-state index in [2.05, 4.69) is 70.4 Å². The molecule has 5 aromatic rings. The Balaban J connectivity index is 0.865. The van der Waals surface area contributed by atoms with Gasteiger partial charge in [-0.3, -0.25) is 9.59 Å². The van der Waals surface area contributed by atoms with Crippen LogP contribution in [0.3, 0.4) is 0 Å². The lowest BCUT2D eigenvalue weighted by molar-refractivity contribution is -0.134. The number of hydrogen-bond acceptors (Lipinski definition) is 11. The van der Waals surface area contributed by atoms with Gasteiger partial charge in [-0.05, 0) is 70.2 Å². The number of carbonyl (C=O) groups excluding carboxylic acids is 5. The van der Waals surface area contributed by atoms with Crippen LogP contribution in [0.2, 0.25) is 0 Å². The van der Waals surface area contributed by atoms with Crippen molar-refractivity contribution in [2.45, 2.75) is 64.3 Å². The van der Waals surface area contributed by atoms with E-state index in [1.165, 1.54) is 19.1 Å². The smallest absolute Gasteiger partial charge is 0.407 e. The highest BCUT2D eigenvalue weighted by Crippen LogP contribution is 2.42.